The highest BCUT2D eigenvalue weighted by Crippen LogP contribution is 2.43. The fourth-order valence-electron chi connectivity index (χ4n) is 4.43. The summed E-state index contributed by atoms with van der Waals surface area (Å²) in [5, 5.41) is 14.4. The maximum absolute atomic E-state index is 10.1. The van der Waals surface area contributed by atoms with E-state index in [0.29, 0.717) is 28.2 Å². The molecule has 2 fully saturated rings. The Morgan fingerprint density at radius 1 is 1.31 bits per heavy atom. The fraction of sp³-hybridized carbons (Fsp3) is 0.571. The van der Waals surface area contributed by atoms with E-state index in [0.717, 1.165) is 42.3 Å². The Hall–Kier alpha value is -1.36. The highest BCUT2D eigenvalue weighted by Gasteiger charge is 2.47. The van der Waals surface area contributed by atoms with Crippen LogP contribution in [0.5, 0.6) is 0 Å². The van der Waals surface area contributed by atoms with E-state index in [1.165, 1.54) is 11.8 Å². The van der Waals surface area contributed by atoms with Gasteiger partial charge in [-0.2, -0.15) is 0 Å². The van der Waals surface area contributed by atoms with E-state index in [4.69, 9.17) is 43.6 Å². The molecule has 11 heteroatoms. The third-order valence-electron chi connectivity index (χ3n) is 6.47. The van der Waals surface area contributed by atoms with E-state index in [1.807, 2.05) is 13.8 Å². The first-order valence-electron chi connectivity index (χ1n) is 10.6. The van der Waals surface area contributed by atoms with Gasteiger partial charge in [-0.15, -0.1) is 0 Å². The minimum absolute atomic E-state index is 0.0258. The lowest BCUT2D eigenvalue weighted by Gasteiger charge is -2.42. The predicted octanol–water partition coefficient (Wildman–Crippen LogP) is 3.50. The summed E-state index contributed by atoms with van der Waals surface area (Å²) >= 11 is 13.6. The van der Waals surface area contributed by atoms with E-state index in [9.17, 15) is 5.11 Å². The number of aliphatic hydroxyl groups excluding tert-OH is 1. The van der Waals surface area contributed by atoms with Gasteiger partial charge >= 0.3 is 0 Å². The number of hydrogen-bond donors (Lipinski definition) is 3. The Labute approximate surface area is 202 Å². The summed E-state index contributed by atoms with van der Waals surface area (Å²) in [6, 6.07) is 1.80. The number of ether oxygens (including phenoxy) is 1. The van der Waals surface area contributed by atoms with Crippen molar-refractivity contribution in [2.75, 3.05) is 37.0 Å². The maximum Gasteiger partial charge on any atom is 0.153 e. The van der Waals surface area contributed by atoms with E-state index >= 15 is 0 Å². The SMILES string of the molecule is CNc1nc(Cl)c(Cl)cc1Sc1nc(CO)c(N2CCC3(CC2)CO[C@@H](C)[C@H]3N)nc1C. The molecule has 1 spiro atoms. The van der Waals surface area contributed by atoms with Crippen LogP contribution in [-0.2, 0) is 11.3 Å². The molecule has 0 unspecified atom stereocenters. The van der Waals surface area contributed by atoms with Gasteiger partial charge in [0.1, 0.15) is 21.7 Å². The minimum atomic E-state index is -0.198. The molecule has 0 amide bonds. The van der Waals surface area contributed by atoms with Gasteiger partial charge < -0.3 is 25.8 Å². The van der Waals surface area contributed by atoms with Gasteiger partial charge in [-0.3, -0.25) is 0 Å². The van der Waals surface area contributed by atoms with E-state index < -0.39 is 0 Å². The summed E-state index contributed by atoms with van der Waals surface area (Å²) in [6.07, 6.45) is 1.95. The molecular formula is C21H28Cl2N6O2S. The third-order valence-corrected chi connectivity index (χ3v) is 8.26. The first kappa shape index (κ1) is 23.8. The number of nitrogens with two attached hydrogens (primary N) is 1. The number of halogens is 2. The Morgan fingerprint density at radius 2 is 2.03 bits per heavy atom. The van der Waals surface area contributed by atoms with Crippen molar-refractivity contribution in [1.29, 1.82) is 0 Å². The highest BCUT2D eigenvalue weighted by atomic mass is 35.5. The monoisotopic (exact) mass is 498 g/mol. The predicted molar refractivity (Wildman–Crippen MR) is 128 cm³/mol. The summed E-state index contributed by atoms with van der Waals surface area (Å²) in [4.78, 5) is 16.8. The first-order chi connectivity index (χ1) is 15.3. The number of piperidine rings is 1. The first-order valence-corrected chi connectivity index (χ1v) is 12.2. The maximum atomic E-state index is 10.1. The average Bonchev–Trinajstić information content (AvgIpc) is 3.06. The van der Waals surface area contributed by atoms with Crippen molar-refractivity contribution in [2.24, 2.45) is 11.1 Å². The van der Waals surface area contributed by atoms with Crippen molar-refractivity contribution in [3.8, 4) is 0 Å². The Balaban J connectivity index is 1.57. The molecule has 4 heterocycles. The van der Waals surface area contributed by atoms with Gasteiger partial charge in [0.25, 0.3) is 0 Å². The van der Waals surface area contributed by atoms with Crippen LogP contribution < -0.4 is 16.0 Å². The van der Waals surface area contributed by atoms with Crippen LogP contribution in [0, 0.1) is 12.3 Å². The fourth-order valence-corrected chi connectivity index (χ4v) is 5.76. The second-order valence-electron chi connectivity index (χ2n) is 8.39. The Bertz CT molecular complexity index is 1000. The van der Waals surface area contributed by atoms with Crippen LogP contribution in [0.1, 0.15) is 31.2 Å². The van der Waals surface area contributed by atoms with Crippen LogP contribution in [0.15, 0.2) is 16.0 Å². The van der Waals surface area contributed by atoms with Gasteiger partial charge in [0, 0.05) is 31.6 Å². The molecule has 4 rings (SSSR count). The molecule has 4 N–H and O–H groups in total. The normalized spacial score (nSPS) is 22.5. The lowest BCUT2D eigenvalue weighted by Crippen LogP contribution is -2.51. The number of nitrogens with one attached hydrogen (secondary N) is 1. The number of hydrogen-bond acceptors (Lipinski definition) is 9. The number of aryl methyl sites for hydroxylation is 1. The Kier molecular flexibility index (Phi) is 7.05. The van der Waals surface area contributed by atoms with E-state index in [2.05, 4.69) is 15.2 Å². The standard InChI is InChI=1S/C21H28Cl2N6O2S/c1-11-20(32-15-8-13(22)17(23)28-18(15)25-3)27-14(9-30)19(26-11)29-6-4-21(5-7-29)10-31-12(2)16(21)24/h8,12,16,30H,4-7,9-10,24H2,1-3H3,(H,25,28)/t12-,16+/m0/s1. The lowest BCUT2D eigenvalue weighted by atomic mass is 9.73. The van der Waals surface area contributed by atoms with Crippen LogP contribution in [0.25, 0.3) is 0 Å². The van der Waals surface area contributed by atoms with E-state index in [-0.39, 0.29) is 29.3 Å². The number of anilines is 2. The smallest absolute Gasteiger partial charge is 0.153 e. The zero-order valence-electron chi connectivity index (χ0n) is 18.4. The van der Waals surface area contributed by atoms with Crippen molar-refractivity contribution in [2.45, 2.75) is 55.4 Å². The largest absolute Gasteiger partial charge is 0.390 e. The Morgan fingerprint density at radius 3 is 2.62 bits per heavy atom. The average molecular weight is 499 g/mol. The van der Waals surface area contributed by atoms with Crippen LogP contribution in [0.2, 0.25) is 10.2 Å². The second-order valence-corrected chi connectivity index (χ2v) is 10.2. The van der Waals surface area contributed by atoms with Crippen LogP contribution >= 0.6 is 35.0 Å². The van der Waals surface area contributed by atoms with Gasteiger partial charge in [0.2, 0.25) is 0 Å². The summed E-state index contributed by atoms with van der Waals surface area (Å²) in [5.74, 6) is 1.33. The third kappa shape index (κ3) is 4.38. The van der Waals surface area contributed by atoms with Crippen molar-refractivity contribution in [1.82, 2.24) is 15.0 Å². The van der Waals surface area contributed by atoms with Crippen LogP contribution in [0.3, 0.4) is 0 Å². The van der Waals surface area contributed by atoms with Crippen molar-refractivity contribution >= 4 is 46.6 Å². The molecule has 174 valence electrons. The van der Waals surface area contributed by atoms with Crippen molar-refractivity contribution in [3.63, 3.8) is 0 Å². The molecule has 0 radical (unpaired) electrons. The van der Waals surface area contributed by atoms with Gasteiger partial charge in [0.15, 0.2) is 5.82 Å². The lowest BCUT2D eigenvalue weighted by molar-refractivity contribution is 0.0973. The molecule has 8 nitrogen and oxygen atoms in total. The number of aromatic nitrogens is 3. The topological polar surface area (TPSA) is 109 Å². The molecule has 2 aliphatic rings. The molecule has 0 aromatic carbocycles. The molecule has 2 atom stereocenters. The highest BCUT2D eigenvalue weighted by molar-refractivity contribution is 7.99. The molecule has 0 saturated carbocycles. The molecule has 32 heavy (non-hydrogen) atoms. The molecule has 0 bridgehead atoms. The number of nitrogens with zero attached hydrogens (tertiary/aromatic N) is 4. The summed E-state index contributed by atoms with van der Waals surface area (Å²) < 4.78 is 5.83. The number of rotatable bonds is 5. The quantitative estimate of drug-likeness (QED) is 0.533. The van der Waals surface area contributed by atoms with E-state index in [1.54, 1.807) is 13.1 Å². The molecule has 2 aromatic rings. The molecular weight excluding hydrogens is 471 g/mol. The van der Waals surface area contributed by atoms with Gasteiger partial charge in [-0.25, -0.2) is 15.0 Å². The zero-order valence-corrected chi connectivity index (χ0v) is 20.7. The molecule has 0 aliphatic carbocycles. The van der Waals surface area contributed by atoms with Crippen molar-refractivity contribution < 1.29 is 9.84 Å². The van der Waals surface area contributed by atoms with Crippen LogP contribution in [0.4, 0.5) is 11.6 Å². The summed E-state index contributed by atoms with van der Waals surface area (Å²) in [6.45, 7) is 6.08. The summed E-state index contributed by atoms with van der Waals surface area (Å²) in [7, 11) is 1.77. The number of aliphatic hydroxyl groups is 1. The van der Waals surface area contributed by atoms with Crippen LogP contribution in [-0.4, -0.2) is 58.9 Å². The number of pyridine rings is 1. The molecule has 2 aromatic heterocycles. The van der Waals surface area contributed by atoms with Gasteiger partial charge in [0.05, 0.1) is 34.9 Å². The second kappa shape index (κ2) is 9.48. The minimum Gasteiger partial charge on any atom is -0.390 e. The molecule has 2 aliphatic heterocycles. The van der Waals surface area contributed by atoms with Gasteiger partial charge in [-0.1, -0.05) is 35.0 Å². The molecule has 2 saturated heterocycles. The van der Waals surface area contributed by atoms with Crippen molar-refractivity contribution in [3.05, 3.63) is 27.6 Å². The van der Waals surface area contributed by atoms with Gasteiger partial charge in [-0.05, 0) is 32.8 Å². The zero-order chi connectivity index (χ0) is 23.0. The summed E-state index contributed by atoms with van der Waals surface area (Å²) in [5.41, 5.74) is 7.79.